The van der Waals surface area contributed by atoms with E-state index in [1.54, 1.807) is 35.2 Å². The van der Waals surface area contributed by atoms with Crippen molar-refractivity contribution < 1.29 is 26.4 Å². The van der Waals surface area contributed by atoms with E-state index in [2.05, 4.69) is 0 Å². The SMILES string of the molecule is Cc1ccccc1CN(c1ccc(C(=O)N2CCN(c3cccc(C(F)(F)F)c3)CC2)cc1)S(C)(=O)=O. The van der Waals surface area contributed by atoms with Crippen LogP contribution in [-0.4, -0.2) is 51.7 Å². The maximum Gasteiger partial charge on any atom is 0.416 e. The molecule has 0 aromatic heterocycles. The van der Waals surface area contributed by atoms with Crippen LogP contribution in [0.25, 0.3) is 0 Å². The van der Waals surface area contributed by atoms with Gasteiger partial charge in [-0.05, 0) is 60.5 Å². The van der Waals surface area contributed by atoms with Crippen LogP contribution in [0.1, 0.15) is 27.0 Å². The van der Waals surface area contributed by atoms with E-state index in [-0.39, 0.29) is 12.5 Å². The summed E-state index contributed by atoms with van der Waals surface area (Å²) < 4.78 is 65.5. The van der Waals surface area contributed by atoms with E-state index < -0.39 is 21.8 Å². The van der Waals surface area contributed by atoms with Crippen molar-refractivity contribution in [3.63, 3.8) is 0 Å². The number of carbonyl (C=O) groups excluding carboxylic acids is 1. The molecule has 10 heteroatoms. The summed E-state index contributed by atoms with van der Waals surface area (Å²) in [6.45, 7) is 3.63. The lowest BCUT2D eigenvalue weighted by Crippen LogP contribution is -2.48. The van der Waals surface area contributed by atoms with Gasteiger partial charge in [-0.3, -0.25) is 9.10 Å². The Labute approximate surface area is 215 Å². The number of piperazine rings is 1. The number of halogens is 3. The second kappa shape index (κ2) is 10.5. The molecule has 4 rings (SSSR count). The van der Waals surface area contributed by atoms with Crippen LogP contribution in [0, 0.1) is 6.92 Å². The summed E-state index contributed by atoms with van der Waals surface area (Å²) in [5.41, 5.74) is 2.51. The Morgan fingerprint density at radius 3 is 2.16 bits per heavy atom. The summed E-state index contributed by atoms with van der Waals surface area (Å²) in [5, 5.41) is 0. The number of aryl methyl sites for hydroxylation is 1. The molecule has 0 saturated carbocycles. The Balaban J connectivity index is 1.43. The molecule has 6 nitrogen and oxygen atoms in total. The Morgan fingerprint density at radius 2 is 1.57 bits per heavy atom. The minimum atomic E-state index is -4.41. The van der Waals surface area contributed by atoms with E-state index in [9.17, 15) is 26.4 Å². The molecule has 0 bridgehead atoms. The molecule has 0 spiro atoms. The zero-order chi connectivity index (χ0) is 26.8. The Bertz CT molecular complexity index is 1370. The van der Waals surface area contributed by atoms with Gasteiger partial charge in [-0.15, -0.1) is 0 Å². The van der Waals surface area contributed by atoms with Gasteiger partial charge in [0.1, 0.15) is 0 Å². The number of alkyl halides is 3. The van der Waals surface area contributed by atoms with Gasteiger partial charge < -0.3 is 9.80 Å². The topological polar surface area (TPSA) is 60.9 Å². The molecular formula is C27H28F3N3O3S. The lowest BCUT2D eigenvalue weighted by molar-refractivity contribution is -0.137. The molecule has 1 heterocycles. The molecule has 1 aliphatic rings. The maximum atomic E-state index is 13.1. The predicted molar refractivity (Wildman–Crippen MR) is 138 cm³/mol. The Kier molecular flexibility index (Phi) is 7.49. The summed E-state index contributed by atoms with van der Waals surface area (Å²) in [4.78, 5) is 16.6. The van der Waals surface area contributed by atoms with Gasteiger partial charge in [0.05, 0.1) is 24.1 Å². The number of hydrogen-bond donors (Lipinski definition) is 0. The van der Waals surface area contributed by atoms with E-state index in [1.807, 2.05) is 36.1 Å². The second-order valence-corrected chi connectivity index (χ2v) is 11.0. The first kappa shape index (κ1) is 26.5. The van der Waals surface area contributed by atoms with Crippen LogP contribution in [0.5, 0.6) is 0 Å². The van der Waals surface area contributed by atoms with Gasteiger partial charge in [0.15, 0.2) is 0 Å². The molecule has 1 fully saturated rings. The summed E-state index contributed by atoms with van der Waals surface area (Å²) in [7, 11) is -3.57. The van der Waals surface area contributed by atoms with Gasteiger partial charge >= 0.3 is 6.18 Å². The number of carbonyl (C=O) groups is 1. The highest BCUT2D eigenvalue weighted by molar-refractivity contribution is 7.92. The minimum Gasteiger partial charge on any atom is -0.368 e. The molecule has 0 radical (unpaired) electrons. The Hall–Kier alpha value is -3.53. The van der Waals surface area contributed by atoms with Crippen LogP contribution in [-0.2, 0) is 22.7 Å². The third-order valence-electron chi connectivity index (χ3n) is 6.48. The van der Waals surface area contributed by atoms with Crippen molar-refractivity contribution in [2.24, 2.45) is 0 Å². The average Bonchev–Trinajstić information content (AvgIpc) is 2.87. The van der Waals surface area contributed by atoms with Crippen LogP contribution >= 0.6 is 0 Å². The summed E-state index contributed by atoms with van der Waals surface area (Å²) in [6.07, 6.45) is -3.26. The molecule has 1 amide bonds. The third kappa shape index (κ3) is 6.25. The van der Waals surface area contributed by atoms with Crippen LogP contribution in [0.2, 0.25) is 0 Å². The van der Waals surface area contributed by atoms with Crippen molar-refractivity contribution in [2.75, 3.05) is 41.6 Å². The number of hydrogen-bond acceptors (Lipinski definition) is 4. The van der Waals surface area contributed by atoms with E-state index in [0.29, 0.717) is 43.1 Å². The maximum absolute atomic E-state index is 13.1. The van der Waals surface area contributed by atoms with Crippen molar-refractivity contribution in [1.82, 2.24) is 4.90 Å². The number of benzene rings is 3. The normalized spacial score (nSPS) is 14.5. The summed E-state index contributed by atoms with van der Waals surface area (Å²) >= 11 is 0. The van der Waals surface area contributed by atoms with Crippen molar-refractivity contribution in [1.29, 1.82) is 0 Å². The zero-order valence-corrected chi connectivity index (χ0v) is 21.4. The van der Waals surface area contributed by atoms with Crippen LogP contribution in [0.4, 0.5) is 24.5 Å². The molecule has 3 aromatic carbocycles. The fourth-order valence-corrected chi connectivity index (χ4v) is 5.22. The molecule has 0 N–H and O–H groups in total. The molecule has 0 aliphatic carbocycles. The van der Waals surface area contributed by atoms with Crippen LogP contribution < -0.4 is 9.21 Å². The van der Waals surface area contributed by atoms with Crippen molar-refractivity contribution >= 4 is 27.3 Å². The number of amides is 1. The van der Waals surface area contributed by atoms with E-state index in [4.69, 9.17) is 0 Å². The van der Waals surface area contributed by atoms with Gasteiger partial charge in [0.25, 0.3) is 5.91 Å². The third-order valence-corrected chi connectivity index (χ3v) is 7.62. The fraction of sp³-hybridized carbons (Fsp3) is 0.296. The Morgan fingerprint density at radius 1 is 0.919 bits per heavy atom. The standard InChI is InChI=1S/C27H28F3N3O3S/c1-20-6-3-4-7-22(20)19-33(37(2,35)36)24-12-10-21(11-13-24)26(34)32-16-14-31(15-17-32)25-9-5-8-23(18-25)27(28,29)30/h3-13,18H,14-17,19H2,1-2H3. The van der Waals surface area contributed by atoms with Crippen LogP contribution in [0.15, 0.2) is 72.8 Å². The average molecular weight is 532 g/mol. The monoisotopic (exact) mass is 531 g/mol. The smallest absolute Gasteiger partial charge is 0.368 e. The largest absolute Gasteiger partial charge is 0.416 e. The van der Waals surface area contributed by atoms with Gasteiger partial charge in [0.2, 0.25) is 10.0 Å². The van der Waals surface area contributed by atoms with Crippen molar-refractivity contribution in [3.8, 4) is 0 Å². The highest BCUT2D eigenvalue weighted by Crippen LogP contribution is 2.32. The molecule has 0 unspecified atom stereocenters. The highest BCUT2D eigenvalue weighted by atomic mass is 32.2. The summed E-state index contributed by atoms with van der Waals surface area (Å²) in [6, 6.07) is 19.2. The quantitative estimate of drug-likeness (QED) is 0.452. The first-order valence-corrected chi connectivity index (χ1v) is 13.6. The highest BCUT2D eigenvalue weighted by Gasteiger charge is 2.31. The van der Waals surface area contributed by atoms with Gasteiger partial charge in [-0.25, -0.2) is 8.42 Å². The molecule has 1 aliphatic heterocycles. The number of nitrogens with zero attached hydrogens (tertiary/aromatic N) is 3. The van der Waals surface area contributed by atoms with E-state index in [1.165, 1.54) is 10.4 Å². The molecule has 196 valence electrons. The number of anilines is 2. The first-order valence-electron chi connectivity index (χ1n) is 11.8. The van der Waals surface area contributed by atoms with Gasteiger partial charge in [-0.2, -0.15) is 13.2 Å². The number of rotatable bonds is 6. The van der Waals surface area contributed by atoms with Crippen molar-refractivity contribution in [2.45, 2.75) is 19.6 Å². The first-order chi connectivity index (χ1) is 17.4. The van der Waals surface area contributed by atoms with Crippen LogP contribution in [0.3, 0.4) is 0 Å². The second-order valence-electron chi connectivity index (χ2n) is 9.07. The lowest BCUT2D eigenvalue weighted by atomic mass is 10.1. The predicted octanol–water partition coefficient (Wildman–Crippen LogP) is 4.94. The minimum absolute atomic E-state index is 0.177. The molecule has 3 aromatic rings. The molecular weight excluding hydrogens is 503 g/mol. The van der Waals surface area contributed by atoms with E-state index >= 15 is 0 Å². The van der Waals surface area contributed by atoms with Gasteiger partial charge in [0, 0.05) is 37.4 Å². The lowest BCUT2D eigenvalue weighted by Gasteiger charge is -2.36. The molecule has 0 atom stereocenters. The number of sulfonamides is 1. The van der Waals surface area contributed by atoms with E-state index in [0.717, 1.165) is 29.5 Å². The molecule has 37 heavy (non-hydrogen) atoms. The molecule has 1 saturated heterocycles. The van der Waals surface area contributed by atoms with Crippen molar-refractivity contribution in [3.05, 3.63) is 95.1 Å². The summed E-state index contributed by atoms with van der Waals surface area (Å²) in [5.74, 6) is -0.208. The fourth-order valence-electron chi connectivity index (χ4n) is 4.34. The van der Waals surface area contributed by atoms with Gasteiger partial charge in [-0.1, -0.05) is 30.3 Å². The zero-order valence-electron chi connectivity index (χ0n) is 20.6.